The van der Waals surface area contributed by atoms with Crippen LogP contribution in [0.15, 0.2) is 12.2 Å². The van der Waals surface area contributed by atoms with E-state index in [1.54, 1.807) is 0 Å². The third kappa shape index (κ3) is 10.1. The van der Waals surface area contributed by atoms with Crippen molar-refractivity contribution in [3.63, 3.8) is 0 Å². The minimum atomic E-state index is -0.414. The quantitative estimate of drug-likeness (QED) is 0.225. The molecule has 0 radical (unpaired) electrons. The highest BCUT2D eigenvalue weighted by molar-refractivity contribution is 6.02. The van der Waals surface area contributed by atoms with Gasteiger partial charge in [-0.3, -0.25) is 14.5 Å². The van der Waals surface area contributed by atoms with Gasteiger partial charge in [-0.05, 0) is 32.1 Å². The molecule has 0 aromatic heterocycles. The number of carbonyl (C=O) groups excluding carboxylic acids is 2. The lowest BCUT2D eigenvalue weighted by atomic mass is 10.1. The Balaban J connectivity index is 1.86. The van der Waals surface area contributed by atoms with E-state index in [0.29, 0.717) is 12.8 Å². The predicted octanol–water partition coefficient (Wildman–Crippen LogP) is 5.46. The molecule has 26 heavy (non-hydrogen) atoms. The molecule has 1 atom stereocenters. The summed E-state index contributed by atoms with van der Waals surface area (Å²) in [5.74, 6) is -0.203. The van der Waals surface area contributed by atoms with Gasteiger partial charge in [0.05, 0.1) is 6.17 Å². The minimum absolute atomic E-state index is 0.102. The fraction of sp³-hybridized carbons (Fsp3) is 0.818. The van der Waals surface area contributed by atoms with Crippen molar-refractivity contribution in [2.24, 2.45) is 5.73 Å². The molecule has 1 aliphatic heterocycles. The van der Waals surface area contributed by atoms with Crippen molar-refractivity contribution in [3.05, 3.63) is 12.2 Å². The highest BCUT2D eigenvalue weighted by Gasteiger charge is 2.32. The Bertz CT molecular complexity index is 404. The number of amides is 2. The van der Waals surface area contributed by atoms with Gasteiger partial charge in [-0.15, -0.1) is 0 Å². The van der Waals surface area contributed by atoms with Gasteiger partial charge in [-0.1, -0.05) is 76.9 Å². The lowest BCUT2D eigenvalue weighted by Gasteiger charge is -2.22. The number of nitrogens with two attached hydrogens (primary N) is 1. The Hall–Kier alpha value is -1.16. The van der Waals surface area contributed by atoms with Crippen molar-refractivity contribution in [2.45, 2.75) is 116 Å². The number of hydrogen-bond acceptors (Lipinski definition) is 3. The molecule has 4 nitrogen and oxygen atoms in total. The topological polar surface area (TPSA) is 63.4 Å². The zero-order valence-corrected chi connectivity index (χ0v) is 16.9. The maximum Gasteiger partial charge on any atom is 0.231 e. The molecule has 1 unspecified atom stereocenters. The first-order chi connectivity index (χ1) is 12.7. The Morgan fingerprint density at radius 2 is 1.27 bits per heavy atom. The molecule has 0 aliphatic carbocycles. The summed E-state index contributed by atoms with van der Waals surface area (Å²) in [5, 5.41) is 0. The third-order valence-corrected chi connectivity index (χ3v) is 5.18. The number of imide groups is 1. The molecule has 0 spiro atoms. The molecule has 4 heteroatoms. The smallest absolute Gasteiger partial charge is 0.231 e. The molecule has 0 aromatic rings. The van der Waals surface area contributed by atoms with Crippen LogP contribution in [-0.4, -0.2) is 22.9 Å². The summed E-state index contributed by atoms with van der Waals surface area (Å²) in [6.45, 7) is 2.26. The summed E-state index contributed by atoms with van der Waals surface area (Å²) >= 11 is 0. The van der Waals surface area contributed by atoms with Gasteiger partial charge < -0.3 is 5.73 Å². The van der Waals surface area contributed by atoms with Crippen molar-refractivity contribution in [1.29, 1.82) is 0 Å². The van der Waals surface area contributed by atoms with E-state index in [-0.39, 0.29) is 11.8 Å². The van der Waals surface area contributed by atoms with E-state index in [2.05, 4.69) is 19.1 Å². The first-order valence-corrected chi connectivity index (χ1v) is 10.9. The number of nitrogens with zero attached hydrogens (tertiary/aromatic N) is 1. The Morgan fingerprint density at radius 1 is 0.808 bits per heavy atom. The molecule has 150 valence electrons. The zero-order valence-electron chi connectivity index (χ0n) is 16.9. The van der Waals surface area contributed by atoms with Gasteiger partial charge in [0.1, 0.15) is 0 Å². The van der Waals surface area contributed by atoms with Crippen LogP contribution in [0, 0.1) is 0 Å². The van der Waals surface area contributed by atoms with Crippen LogP contribution >= 0.6 is 0 Å². The Kier molecular flexibility index (Phi) is 13.2. The van der Waals surface area contributed by atoms with Crippen molar-refractivity contribution in [2.75, 3.05) is 0 Å². The van der Waals surface area contributed by atoms with E-state index in [1.165, 1.54) is 75.5 Å². The molecule has 1 rings (SSSR count). The first kappa shape index (κ1) is 22.9. The molecule has 0 saturated carbocycles. The minimum Gasteiger partial charge on any atom is -0.311 e. The monoisotopic (exact) mass is 364 g/mol. The molecule has 2 N–H and O–H groups in total. The predicted molar refractivity (Wildman–Crippen MR) is 109 cm³/mol. The summed E-state index contributed by atoms with van der Waals surface area (Å²) < 4.78 is 0. The maximum absolute atomic E-state index is 11.6. The zero-order chi connectivity index (χ0) is 19.0. The lowest BCUT2D eigenvalue weighted by molar-refractivity contribution is -0.141. The second-order valence-corrected chi connectivity index (χ2v) is 7.60. The number of carbonyl (C=O) groups is 2. The molecule has 1 fully saturated rings. The Labute approximate surface area is 160 Å². The summed E-state index contributed by atoms with van der Waals surface area (Å²) in [4.78, 5) is 24.5. The van der Waals surface area contributed by atoms with Gasteiger partial charge in [0, 0.05) is 12.8 Å². The van der Waals surface area contributed by atoms with Gasteiger partial charge in [-0.2, -0.15) is 0 Å². The standard InChI is InChI=1S/C22H40N2O2/c1-2-3-4-5-6-7-8-9-10-11-12-13-14-15-16-17-20(23)24-21(25)18-19-22(24)26/h9-10,20H,2-8,11-19,23H2,1H3/b10-9-. The molecule has 2 amide bonds. The van der Waals surface area contributed by atoms with Crippen LogP contribution in [0.4, 0.5) is 0 Å². The summed E-state index contributed by atoms with van der Waals surface area (Å²) in [5.41, 5.74) is 5.99. The highest BCUT2D eigenvalue weighted by Crippen LogP contribution is 2.17. The number of allylic oxidation sites excluding steroid dienone is 2. The fourth-order valence-electron chi connectivity index (χ4n) is 3.52. The van der Waals surface area contributed by atoms with Gasteiger partial charge >= 0.3 is 0 Å². The number of unbranched alkanes of at least 4 members (excludes halogenated alkanes) is 11. The largest absolute Gasteiger partial charge is 0.311 e. The summed E-state index contributed by atoms with van der Waals surface area (Å²) in [6, 6.07) is 0. The van der Waals surface area contributed by atoms with Gasteiger partial charge in [-0.25, -0.2) is 0 Å². The summed E-state index contributed by atoms with van der Waals surface area (Å²) in [6.07, 6.45) is 22.1. The average molecular weight is 365 g/mol. The van der Waals surface area contributed by atoms with Gasteiger partial charge in [0.25, 0.3) is 0 Å². The lowest BCUT2D eigenvalue weighted by Crippen LogP contribution is -2.45. The molecule has 1 aliphatic rings. The molecular formula is C22H40N2O2. The number of likely N-dealkylation sites (tertiary alicyclic amines) is 1. The number of rotatable bonds is 16. The first-order valence-electron chi connectivity index (χ1n) is 10.9. The van der Waals surface area contributed by atoms with E-state index in [9.17, 15) is 9.59 Å². The van der Waals surface area contributed by atoms with E-state index < -0.39 is 6.17 Å². The molecule has 1 saturated heterocycles. The van der Waals surface area contributed by atoms with Crippen molar-refractivity contribution >= 4 is 11.8 Å². The van der Waals surface area contributed by atoms with Crippen LogP contribution in [0.3, 0.4) is 0 Å². The maximum atomic E-state index is 11.6. The van der Waals surface area contributed by atoms with E-state index in [1.807, 2.05) is 0 Å². The van der Waals surface area contributed by atoms with Crippen molar-refractivity contribution in [1.82, 2.24) is 4.90 Å². The van der Waals surface area contributed by atoms with Crippen molar-refractivity contribution in [3.8, 4) is 0 Å². The molecule has 0 aromatic carbocycles. The average Bonchev–Trinajstić information content (AvgIpc) is 2.96. The summed E-state index contributed by atoms with van der Waals surface area (Å²) in [7, 11) is 0. The van der Waals surface area contributed by atoms with Crippen LogP contribution in [0.2, 0.25) is 0 Å². The van der Waals surface area contributed by atoms with Gasteiger partial charge in [0.15, 0.2) is 0 Å². The molecular weight excluding hydrogens is 324 g/mol. The fourth-order valence-corrected chi connectivity index (χ4v) is 3.52. The second-order valence-electron chi connectivity index (χ2n) is 7.60. The normalized spacial score (nSPS) is 16.2. The SMILES string of the molecule is CCCCCCCC/C=C\CCCCCCCC(N)N1C(=O)CCC1=O. The van der Waals surface area contributed by atoms with Gasteiger partial charge in [0.2, 0.25) is 11.8 Å². The Morgan fingerprint density at radius 3 is 1.81 bits per heavy atom. The van der Waals surface area contributed by atoms with E-state index >= 15 is 0 Å². The molecule has 0 bridgehead atoms. The van der Waals surface area contributed by atoms with Crippen LogP contribution in [0.1, 0.15) is 110 Å². The van der Waals surface area contributed by atoms with Crippen LogP contribution in [-0.2, 0) is 9.59 Å². The highest BCUT2D eigenvalue weighted by atomic mass is 16.2. The second kappa shape index (κ2) is 15.0. The van der Waals surface area contributed by atoms with Crippen LogP contribution < -0.4 is 5.73 Å². The van der Waals surface area contributed by atoms with E-state index in [0.717, 1.165) is 19.3 Å². The van der Waals surface area contributed by atoms with Crippen LogP contribution in [0.5, 0.6) is 0 Å². The van der Waals surface area contributed by atoms with Crippen molar-refractivity contribution < 1.29 is 9.59 Å². The molecule has 1 heterocycles. The third-order valence-electron chi connectivity index (χ3n) is 5.18. The van der Waals surface area contributed by atoms with Crippen LogP contribution in [0.25, 0.3) is 0 Å². The number of hydrogen-bond donors (Lipinski definition) is 1. The van der Waals surface area contributed by atoms with E-state index in [4.69, 9.17) is 5.73 Å².